The minimum Gasteiger partial charge on any atom is -0.353 e. The molecule has 1 unspecified atom stereocenters. The fourth-order valence-electron chi connectivity index (χ4n) is 3.59. The quantitative estimate of drug-likeness (QED) is 0.270. The summed E-state index contributed by atoms with van der Waals surface area (Å²) in [4.78, 5) is 44.4. The van der Waals surface area contributed by atoms with E-state index in [1.165, 1.54) is 36.7 Å². The van der Waals surface area contributed by atoms with Gasteiger partial charge >= 0.3 is 6.18 Å². The Hall–Kier alpha value is -3.74. The molecule has 2 aromatic rings. The van der Waals surface area contributed by atoms with Gasteiger partial charge in [0.15, 0.2) is 5.96 Å². The lowest BCUT2D eigenvalue weighted by Gasteiger charge is -2.29. The Labute approximate surface area is 226 Å². The number of carbonyl (C=O) groups is 3. The number of alkyl halides is 4. The van der Waals surface area contributed by atoms with Crippen LogP contribution in [0.25, 0.3) is 0 Å². The number of amides is 2. The molecule has 1 aliphatic heterocycles. The number of nitrogens with zero attached hydrogens (tertiary/aromatic N) is 2. The molecule has 39 heavy (non-hydrogen) atoms. The number of aldehydes is 1. The van der Waals surface area contributed by atoms with Crippen LogP contribution >= 0.6 is 11.6 Å². The topological polar surface area (TPSA) is 125 Å². The van der Waals surface area contributed by atoms with Crippen molar-refractivity contribution in [3.63, 3.8) is 0 Å². The normalized spacial score (nSPS) is 16.4. The van der Waals surface area contributed by atoms with E-state index in [0.717, 1.165) is 13.8 Å². The third kappa shape index (κ3) is 7.88. The van der Waals surface area contributed by atoms with Gasteiger partial charge in [-0.2, -0.15) is 13.2 Å². The van der Waals surface area contributed by atoms with Crippen molar-refractivity contribution in [1.82, 2.24) is 20.9 Å². The molecule has 2 heterocycles. The second kappa shape index (κ2) is 12.4. The fourth-order valence-corrected chi connectivity index (χ4v) is 3.84. The van der Waals surface area contributed by atoms with Gasteiger partial charge in [-0.1, -0.05) is 17.7 Å². The van der Waals surface area contributed by atoms with Crippen LogP contribution in [0.4, 0.5) is 23.2 Å². The predicted molar refractivity (Wildman–Crippen MR) is 137 cm³/mol. The average molecular weight is 571 g/mol. The number of aromatic nitrogens is 1. The van der Waals surface area contributed by atoms with Gasteiger partial charge in [0.25, 0.3) is 5.91 Å². The molecule has 9 nitrogen and oxygen atoms in total. The van der Waals surface area contributed by atoms with Gasteiger partial charge in [-0.25, -0.2) is 9.38 Å². The van der Waals surface area contributed by atoms with Crippen LogP contribution in [-0.2, 0) is 15.0 Å². The number of guanidine groups is 1. The first-order chi connectivity index (χ1) is 18.3. The van der Waals surface area contributed by atoms with Crippen molar-refractivity contribution >= 4 is 41.3 Å². The van der Waals surface area contributed by atoms with E-state index in [9.17, 15) is 31.9 Å². The van der Waals surface area contributed by atoms with E-state index >= 15 is 0 Å². The molecule has 0 fully saturated rings. The summed E-state index contributed by atoms with van der Waals surface area (Å²) in [6.07, 6.45) is -2.67. The maximum Gasteiger partial charge on any atom is 0.397 e. The molecular weight excluding hydrogens is 544 g/mol. The molecule has 0 bridgehead atoms. The zero-order valence-electron chi connectivity index (χ0n) is 21.0. The summed E-state index contributed by atoms with van der Waals surface area (Å²) in [6, 6.07) is 4.28. The highest BCUT2D eigenvalue weighted by Gasteiger charge is 2.48. The van der Waals surface area contributed by atoms with E-state index in [4.69, 9.17) is 11.6 Å². The molecule has 3 rings (SSSR count). The minimum absolute atomic E-state index is 0.000261. The Morgan fingerprint density at radius 1 is 1.21 bits per heavy atom. The highest BCUT2D eigenvalue weighted by atomic mass is 35.5. The van der Waals surface area contributed by atoms with Crippen molar-refractivity contribution in [3.8, 4) is 0 Å². The van der Waals surface area contributed by atoms with Gasteiger partial charge in [0, 0.05) is 17.6 Å². The monoisotopic (exact) mass is 570 g/mol. The molecule has 210 valence electrons. The molecular formula is C25H27ClF4N6O3. The Morgan fingerprint density at radius 3 is 2.59 bits per heavy atom. The van der Waals surface area contributed by atoms with Gasteiger partial charge in [0.1, 0.15) is 12.5 Å². The molecule has 1 aliphatic rings. The third-order valence-corrected chi connectivity index (χ3v) is 6.25. The number of anilines is 1. The van der Waals surface area contributed by atoms with Crippen molar-refractivity contribution in [2.75, 3.05) is 25.0 Å². The van der Waals surface area contributed by atoms with Crippen LogP contribution in [0.5, 0.6) is 0 Å². The van der Waals surface area contributed by atoms with Crippen LogP contribution in [-0.4, -0.2) is 61.0 Å². The lowest BCUT2D eigenvalue weighted by atomic mass is 9.82. The maximum absolute atomic E-state index is 13.6. The smallest absolute Gasteiger partial charge is 0.353 e. The van der Waals surface area contributed by atoms with Crippen molar-refractivity contribution in [1.29, 1.82) is 0 Å². The zero-order chi connectivity index (χ0) is 28.8. The van der Waals surface area contributed by atoms with E-state index in [0.29, 0.717) is 17.9 Å². The average Bonchev–Trinajstić information content (AvgIpc) is 2.87. The summed E-state index contributed by atoms with van der Waals surface area (Å²) in [5.74, 6) is -0.991. The van der Waals surface area contributed by atoms with Crippen molar-refractivity contribution in [2.24, 2.45) is 4.99 Å². The van der Waals surface area contributed by atoms with Crippen LogP contribution in [0.2, 0.25) is 5.02 Å². The van der Waals surface area contributed by atoms with E-state index in [2.05, 4.69) is 31.2 Å². The van der Waals surface area contributed by atoms with Crippen LogP contribution in [0.3, 0.4) is 0 Å². The van der Waals surface area contributed by atoms with Gasteiger partial charge in [-0.05, 0) is 43.2 Å². The first-order valence-electron chi connectivity index (χ1n) is 11.8. The Bertz CT molecular complexity index is 1250. The van der Waals surface area contributed by atoms with E-state index in [-0.39, 0.29) is 41.2 Å². The molecule has 0 spiro atoms. The second-order valence-corrected chi connectivity index (χ2v) is 9.79. The number of hydrogen-bond acceptors (Lipinski definition) is 7. The highest BCUT2D eigenvalue weighted by Crippen LogP contribution is 2.42. The second-order valence-electron chi connectivity index (χ2n) is 9.36. The Balaban J connectivity index is 1.65. The number of rotatable bonds is 9. The summed E-state index contributed by atoms with van der Waals surface area (Å²) in [6.45, 7) is 1.61. The van der Waals surface area contributed by atoms with Crippen LogP contribution in [0.15, 0.2) is 41.7 Å². The molecule has 1 aromatic heterocycles. The predicted octanol–water partition coefficient (Wildman–Crippen LogP) is 3.46. The van der Waals surface area contributed by atoms with Crippen LogP contribution in [0, 0.1) is 0 Å². The molecule has 4 N–H and O–H groups in total. The molecule has 2 atom stereocenters. The van der Waals surface area contributed by atoms with Gasteiger partial charge in [0.05, 0.1) is 48.5 Å². The number of pyridine rings is 1. The van der Waals surface area contributed by atoms with E-state index < -0.39 is 42.2 Å². The van der Waals surface area contributed by atoms with Gasteiger partial charge in [0.2, 0.25) is 5.91 Å². The summed E-state index contributed by atoms with van der Waals surface area (Å²) >= 11 is 6.07. The summed E-state index contributed by atoms with van der Waals surface area (Å²) in [7, 11) is 0. The highest BCUT2D eigenvalue weighted by molar-refractivity contribution is 6.30. The van der Waals surface area contributed by atoms with Gasteiger partial charge in [-0.3, -0.25) is 14.6 Å². The summed E-state index contributed by atoms with van der Waals surface area (Å²) in [5.41, 5.74) is -1.63. The molecule has 14 heteroatoms. The first kappa shape index (κ1) is 29.8. The molecule has 0 radical (unpaired) electrons. The van der Waals surface area contributed by atoms with Crippen LogP contribution < -0.4 is 21.3 Å². The minimum atomic E-state index is -4.57. The first-order valence-corrected chi connectivity index (χ1v) is 12.2. The largest absolute Gasteiger partial charge is 0.397 e. The molecule has 0 aliphatic carbocycles. The molecule has 2 amide bonds. The lowest BCUT2D eigenvalue weighted by molar-refractivity contribution is -0.180. The van der Waals surface area contributed by atoms with Crippen molar-refractivity contribution in [3.05, 3.63) is 58.4 Å². The summed E-state index contributed by atoms with van der Waals surface area (Å²) in [5, 5.41) is 10.6. The Morgan fingerprint density at radius 2 is 1.95 bits per heavy atom. The van der Waals surface area contributed by atoms with Crippen molar-refractivity contribution < 1.29 is 31.9 Å². The molecule has 0 saturated heterocycles. The number of nitrogens with one attached hydrogen (secondary N) is 4. The number of halogens is 5. The summed E-state index contributed by atoms with van der Waals surface area (Å²) < 4.78 is 53.9. The van der Waals surface area contributed by atoms with E-state index in [1.807, 2.05) is 0 Å². The van der Waals surface area contributed by atoms with Gasteiger partial charge in [-0.15, -0.1) is 0 Å². The molecule has 0 saturated carbocycles. The molecule has 1 aromatic carbocycles. The fraction of sp³-hybridized carbons (Fsp3) is 0.400. The number of aliphatic imine (C=N–C) groups is 1. The van der Waals surface area contributed by atoms with Gasteiger partial charge < -0.3 is 26.1 Å². The van der Waals surface area contributed by atoms with Crippen molar-refractivity contribution in [2.45, 2.75) is 44.1 Å². The zero-order valence-corrected chi connectivity index (χ0v) is 21.8. The number of carbonyl (C=O) groups excluding carboxylic acids is 3. The number of benzene rings is 1. The Kier molecular flexibility index (Phi) is 9.49. The standard InChI is InChI=1S/C25H27ClF4N6O3/c1-24(2,25(28,29)30)16-5-14(6-17(26)8-16)20(3-4-37)36-21(38)13-32-22(39)15-7-19(12-31-9-15)35-23-33-10-18(27)11-34-23/h4-9,12,18,20H,3,10-11,13H2,1-2H3,(H,32,39)(H,36,38)(H2,33,34,35)/t20-/m0/s1. The third-order valence-electron chi connectivity index (χ3n) is 6.03. The lowest BCUT2D eigenvalue weighted by Crippen LogP contribution is -2.41. The van der Waals surface area contributed by atoms with Crippen LogP contribution in [0.1, 0.15) is 47.8 Å². The SMILES string of the molecule is CC(C)(c1cc(Cl)cc([C@H](CC=O)NC(=O)CNC(=O)c2cncc(NC3=NCC(F)CN3)c2)c1)C(F)(F)F. The van der Waals surface area contributed by atoms with E-state index in [1.54, 1.807) is 0 Å². The maximum atomic E-state index is 13.6. The number of hydrogen-bond donors (Lipinski definition) is 4.